The number of benzene rings is 1. The van der Waals surface area contributed by atoms with E-state index in [2.05, 4.69) is 4.98 Å². The van der Waals surface area contributed by atoms with Crippen LogP contribution in [0.3, 0.4) is 0 Å². The maximum atomic E-state index is 13.3. The van der Waals surface area contributed by atoms with Crippen molar-refractivity contribution in [2.75, 3.05) is 18.3 Å². The highest BCUT2D eigenvalue weighted by Gasteiger charge is 2.47. The Morgan fingerprint density at radius 3 is 2.76 bits per heavy atom. The smallest absolute Gasteiger partial charge is 0.417 e. The molecule has 29 heavy (non-hydrogen) atoms. The van der Waals surface area contributed by atoms with Crippen LogP contribution in [0.25, 0.3) is 0 Å². The number of likely N-dealkylation sites (tertiary alicyclic amines) is 1. The molecule has 1 aromatic heterocycles. The number of rotatable bonds is 5. The number of carbonyl (C=O) groups is 1. The number of nitrogens with zero attached hydrogens (tertiary/aromatic N) is 2. The molecular formula is C21H22F3N3O2. The SMILES string of the molecule is [2H]C([2H])(Nc1ccc(C(F)(F)F)cn1)[C@@]1([2H])N(C(=O)OCc2ccccc2)C([2H])([2H])[C@@]2([2H])C([2H])([2H])[C@@]2([2H])C1([2H])[2H]. The molecular weight excluding hydrogens is 383 g/mol. The second-order valence-electron chi connectivity index (χ2n) is 6.02. The van der Waals surface area contributed by atoms with Gasteiger partial charge >= 0.3 is 12.3 Å². The maximum absolute atomic E-state index is 13.3. The predicted molar refractivity (Wildman–Crippen MR) is 101 cm³/mol. The number of anilines is 1. The molecule has 1 amide bonds. The van der Waals surface area contributed by atoms with Gasteiger partial charge in [-0.3, -0.25) is 0 Å². The van der Waals surface area contributed by atoms with Crippen LogP contribution in [0.2, 0.25) is 0 Å². The van der Waals surface area contributed by atoms with Gasteiger partial charge in [0, 0.05) is 30.2 Å². The third-order valence-corrected chi connectivity index (χ3v) is 3.92. The van der Waals surface area contributed by atoms with E-state index >= 15 is 0 Å². The molecule has 5 nitrogen and oxygen atoms in total. The first-order valence-corrected chi connectivity index (χ1v) is 8.38. The van der Waals surface area contributed by atoms with E-state index in [1.54, 1.807) is 18.2 Å². The fraction of sp³-hybridized carbons (Fsp3) is 0.429. The highest BCUT2D eigenvalue weighted by molar-refractivity contribution is 5.68. The number of halogens is 3. The van der Waals surface area contributed by atoms with Crippen LogP contribution in [-0.2, 0) is 17.5 Å². The Morgan fingerprint density at radius 1 is 1.28 bits per heavy atom. The highest BCUT2D eigenvalue weighted by atomic mass is 19.4. The Balaban J connectivity index is 1.83. The molecule has 8 heteroatoms. The van der Waals surface area contributed by atoms with E-state index in [-0.39, 0.29) is 4.90 Å². The second kappa shape index (κ2) is 7.93. The van der Waals surface area contributed by atoms with Gasteiger partial charge in [-0.25, -0.2) is 9.78 Å². The summed E-state index contributed by atoms with van der Waals surface area (Å²) in [5, 5.41) is 1.90. The number of nitrogens with one attached hydrogen (secondary N) is 1. The van der Waals surface area contributed by atoms with Gasteiger partial charge in [0.25, 0.3) is 0 Å². The van der Waals surface area contributed by atoms with Crippen molar-refractivity contribution < 1.29 is 37.8 Å². The molecule has 1 N–H and O–H groups in total. The van der Waals surface area contributed by atoms with Gasteiger partial charge in [0.05, 0.1) is 15.7 Å². The van der Waals surface area contributed by atoms with Gasteiger partial charge < -0.3 is 15.0 Å². The lowest BCUT2D eigenvalue weighted by Crippen LogP contribution is -2.48. The number of pyridine rings is 1. The van der Waals surface area contributed by atoms with Gasteiger partial charge in [-0.15, -0.1) is 0 Å². The van der Waals surface area contributed by atoms with Crippen LogP contribution >= 0.6 is 0 Å². The molecule has 1 saturated carbocycles. The number of hydrogen-bond acceptors (Lipinski definition) is 4. The lowest BCUT2D eigenvalue weighted by molar-refractivity contribution is -0.137. The summed E-state index contributed by atoms with van der Waals surface area (Å²) in [6.07, 6.45) is -13.5. The van der Waals surface area contributed by atoms with Crippen LogP contribution in [-0.4, -0.2) is 35.0 Å². The fourth-order valence-electron chi connectivity index (χ4n) is 2.38. The minimum Gasteiger partial charge on any atom is -0.445 e. The quantitative estimate of drug-likeness (QED) is 0.776. The third kappa shape index (κ3) is 4.81. The number of aromatic nitrogens is 1. The summed E-state index contributed by atoms with van der Waals surface area (Å²) < 4.78 is 138. The first-order chi connectivity index (χ1) is 18.1. The van der Waals surface area contributed by atoms with Crippen molar-refractivity contribution in [1.82, 2.24) is 9.88 Å². The van der Waals surface area contributed by atoms with Crippen LogP contribution in [0.5, 0.6) is 0 Å². The molecule has 2 aromatic rings. The zero-order chi connectivity index (χ0) is 30.4. The summed E-state index contributed by atoms with van der Waals surface area (Å²) >= 11 is 0. The van der Waals surface area contributed by atoms with Gasteiger partial charge in [-0.1, -0.05) is 30.3 Å². The lowest BCUT2D eigenvalue weighted by atomic mass is 10.0. The zero-order valence-electron chi connectivity index (χ0n) is 25.7. The van der Waals surface area contributed by atoms with Crippen molar-refractivity contribution in [3.63, 3.8) is 0 Å². The van der Waals surface area contributed by atoms with E-state index in [1.165, 1.54) is 12.1 Å². The number of piperidine rings is 1. The average Bonchev–Trinajstić information content (AvgIpc) is 3.24. The standard InChI is InChI=1S/C21H22F3N3O2/c22-21(23,24)17-6-7-19(25-10-17)26-11-18-9-15-8-16(15)12-27(18)20(28)29-13-14-4-2-1-3-5-14/h1-7,10,15-16,18H,8-9,11-13H2,(H,25,26)/t15-,16+,18-/m0/s1/i8D2,9D2,11D2,12D2,15D,16D,18D. The van der Waals surface area contributed by atoms with E-state index < -0.39 is 73.8 Å². The Labute approximate surface area is 182 Å². The van der Waals surface area contributed by atoms with E-state index in [0.29, 0.717) is 23.9 Å². The molecule has 0 spiro atoms. The topological polar surface area (TPSA) is 54.5 Å². The van der Waals surface area contributed by atoms with E-state index in [1.807, 2.05) is 5.32 Å². The fourth-order valence-corrected chi connectivity index (χ4v) is 2.38. The van der Waals surface area contributed by atoms with Crippen molar-refractivity contribution in [3.05, 3.63) is 59.8 Å². The Hall–Kier alpha value is -2.77. The van der Waals surface area contributed by atoms with Gasteiger partial charge in [0.1, 0.15) is 12.4 Å². The van der Waals surface area contributed by atoms with Crippen LogP contribution in [0, 0.1) is 11.8 Å². The first kappa shape index (κ1) is 10.3. The summed E-state index contributed by atoms with van der Waals surface area (Å²) in [5.41, 5.74) is -0.857. The van der Waals surface area contributed by atoms with E-state index in [4.69, 9.17) is 19.8 Å². The third-order valence-electron chi connectivity index (χ3n) is 3.92. The molecule has 2 fully saturated rings. The molecule has 4 rings (SSSR count). The summed E-state index contributed by atoms with van der Waals surface area (Å²) in [4.78, 5) is 16.4. The minimum atomic E-state index is -4.80. The molecule has 154 valence electrons. The number of fused-ring (bicyclic) bond motifs is 1. The van der Waals surface area contributed by atoms with Gasteiger partial charge in [0.15, 0.2) is 0 Å². The maximum Gasteiger partial charge on any atom is 0.417 e. The second-order valence-corrected chi connectivity index (χ2v) is 6.02. The molecule has 0 bridgehead atoms. The molecule has 0 unspecified atom stereocenters. The molecule has 1 aliphatic heterocycles. The number of hydrogen-bond donors (Lipinski definition) is 1. The van der Waals surface area contributed by atoms with Gasteiger partial charge in [-0.2, -0.15) is 13.2 Å². The molecule has 1 saturated heterocycles. The predicted octanol–water partition coefficient (Wildman–Crippen LogP) is 4.56. The first-order valence-electron chi connectivity index (χ1n) is 13.9. The van der Waals surface area contributed by atoms with E-state index in [0.717, 1.165) is 0 Å². The molecule has 1 aromatic carbocycles. The Bertz CT molecular complexity index is 1320. The highest BCUT2D eigenvalue weighted by Crippen LogP contribution is 2.47. The molecule has 2 heterocycles. The van der Waals surface area contributed by atoms with Crippen LogP contribution in [0.1, 0.15) is 39.0 Å². The van der Waals surface area contributed by atoms with Gasteiger partial charge in [0.2, 0.25) is 0 Å². The largest absolute Gasteiger partial charge is 0.445 e. The van der Waals surface area contributed by atoms with Crippen molar-refractivity contribution in [3.8, 4) is 0 Å². The van der Waals surface area contributed by atoms with Crippen LogP contribution < -0.4 is 5.32 Å². The number of alkyl halides is 3. The summed E-state index contributed by atoms with van der Waals surface area (Å²) in [6.45, 7) is -7.94. The van der Waals surface area contributed by atoms with Gasteiger partial charge in [-0.05, 0) is 42.2 Å². The number of ether oxygens (including phenoxy) is 1. The van der Waals surface area contributed by atoms with Crippen LogP contribution in [0.15, 0.2) is 48.7 Å². The van der Waals surface area contributed by atoms with Crippen molar-refractivity contribution in [2.24, 2.45) is 11.8 Å². The molecule has 3 atom stereocenters. The Morgan fingerprint density at radius 2 is 2.07 bits per heavy atom. The number of amides is 1. The minimum absolute atomic E-state index is 0.316. The lowest BCUT2D eigenvalue weighted by Gasteiger charge is -2.34. The summed E-state index contributed by atoms with van der Waals surface area (Å²) in [6, 6.07) is 5.05. The van der Waals surface area contributed by atoms with Crippen molar-refractivity contribution >= 4 is 11.9 Å². The molecule has 2 aliphatic rings. The van der Waals surface area contributed by atoms with E-state index in [9.17, 15) is 18.0 Å². The summed E-state index contributed by atoms with van der Waals surface area (Å²) in [5.74, 6) is -7.44. The van der Waals surface area contributed by atoms with Crippen molar-refractivity contribution in [2.45, 2.75) is 31.5 Å². The number of carbonyl (C=O) groups excluding carboxylic acids is 1. The van der Waals surface area contributed by atoms with Crippen LogP contribution in [0.4, 0.5) is 23.8 Å². The zero-order valence-corrected chi connectivity index (χ0v) is 14.7. The normalized spacial score (nSPS) is 42.2. The monoisotopic (exact) mass is 416 g/mol. The van der Waals surface area contributed by atoms with Crippen molar-refractivity contribution in [1.29, 1.82) is 0 Å². The average molecular weight is 416 g/mol. The summed E-state index contributed by atoms with van der Waals surface area (Å²) in [7, 11) is 0. The molecule has 1 aliphatic carbocycles. The Kier molecular flexibility index (Phi) is 2.82. The molecule has 0 radical (unpaired) electrons.